The molecule has 6 heteroatoms. The molecule has 2 aromatic heterocycles. The van der Waals surface area contributed by atoms with Crippen molar-refractivity contribution in [3.05, 3.63) is 90.8 Å². The average Bonchev–Trinajstić information content (AvgIpc) is 3.23. The maximum Gasteiger partial charge on any atom is 0.257 e. The molecule has 2 amide bonds. The zero-order valence-electron chi connectivity index (χ0n) is 16.5. The van der Waals surface area contributed by atoms with E-state index in [2.05, 4.69) is 32.9 Å². The van der Waals surface area contributed by atoms with E-state index in [0.29, 0.717) is 5.69 Å². The number of fused-ring (bicyclic) bond motifs is 2. The summed E-state index contributed by atoms with van der Waals surface area (Å²) in [6.45, 7) is 3.48. The normalized spacial score (nSPS) is 17.2. The van der Waals surface area contributed by atoms with E-state index in [1.54, 1.807) is 12.4 Å². The Bertz CT molecular complexity index is 1370. The topological polar surface area (TPSA) is 87.2 Å². The first-order chi connectivity index (χ1) is 15.1. The van der Waals surface area contributed by atoms with Gasteiger partial charge in [-0.1, -0.05) is 43.0 Å². The van der Waals surface area contributed by atoms with Crippen LogP contribution in [-0.4, -0.2) is 28.0 Å². The summed E-state index contributed by atoms with van der Waals surface area (Å²) in [5, 5.41) is 3.71. The van der Waals surface area contributed by atoms with Gasteiger partial charge in [-0.15, -0.1) is 0 Å². The number of pyridine rings is 1. The number of H-pyrrole nitrogens is 1. The van der Waals surface area contributed by atoms with Gasteiger partial charge >= 0.3 is 0 Å². The second-order valence-corrected chi connectivity index (χ2v) is 7.28. The van der Waals surface area contributed by atoms with E-state index in [0.717, 1.165) is 38.9 Å². The highest BCUT2D eigenvalue weighted by molar-refractivity contribution is 6.22. The molecule has 6 nitrogen and oxygen atoms in total. The molecule has 2 N–H and O–H groups in total. The molecule has 0 spiro atoms. The third-order valence-corrected chi connectivity index (χ3v) is 5.39. The Labute approximate surface area is 178 Å². The number of dihydropyridines is 1. The first-order valence-corrected chi connectivity index (χ1v) is 9.82. The van der Waals surface area contributed by atoms with Gasteiger partial charge in [-0.25, -0.2) is 9.98 Å². The molecule has 0 bridgehead atoms. The first kappa shape index (κ1) is 18.7. The molecule has 150 valence electrons. The Hall–Kier alpha value is -4.32. The SMILES string of the molecule is C=CC(=O)Nc1cccc(-c2cnc3[nH]cc(C4=C5C=CC=CC5C(=O)N=C4)c3c2)c1. The summed E-state index contributed by atoms with van der Waals surface area (Å²) in [6, 6.07) is 9.61. The molecule has 3 heterocycles. The van der Waals surface area contributed by atoms with Gasteiger partial charge in [-0.3, -0.25) is 9.59 Å². The second-order valence-electron chi connectivity index (χ2n) is 7.28. The molecule has 2 aliphatic rings. The number of anilines is 1. The Morgan fingerprint density at radius 2 is 2.10 bits per heavy atom. The van der Waals surface area contributed by atoms with Gasteiger partial charge in [0.15, 0.2) is 0 Å². The fourth-order valence-electron chi connectivity index (χ4n) is 3.88. The smallest absolute Gasteiger partial charge is 0.257 e. The number of aromatic amines is 1. The molecule has 1 atom stereocenters. The molecule has 0 saturated heterocycles. The van der Waals surface area contributed by atoms with Gasteiger partial charge in [0.2, 0.25) is 5.91 Å². The number of carbonyl (C=O) groups excluding carboxylic acids is 2. The lowest BCUT2D eigenvalue weighted by Gasteiger charge is -2.20. The lowest BCUT2D eigenvalue weighted by atomic mass is 9.85. The van der Waals surface area contributed by atoms with E-state index >= 15 is 0 Å². The number of allylic oxidation sites excluding steroid dienone is 4. The second kappa shape index (κ2) is 7.50. The van der Waals surface area contributed by atoms with Crippen LogP contribution >= 0.6 is 0 Å². The Morgan fingerprint density at radius 1 is 1.19 bits per heavy atom. The molecule has 31 heavy (non-hydrogen) atoms. The minimum absolute atomic E-state index is 0.156. The number of carbonyl (C=O) groups is 2. The quantitative estimate of drug-likeness (QED) is 0.627. The van der Waals surface area contributed by atoms with Gasteiger partial charge in [0.25, 0.3) is 5.91 Å². The molecule has 0 radical (unpaired) electrons. The summed E-state index contributed by atoms with van der Waals surface area (Å²) in [5.74, 6) is -0.769. The largest absolute Gasteiger partial charge is 0.346 e. The van der Waals surface area contributed by atoms with Gasteiger partial charge in [0.1, 0.15) is 5.65 Å². The zero-order valence-corrected chi connectivity index (χ0v) is 16.5. The predicted molar refractivity (Wildman–Crippen MR) is 123 cm³/mol. The number of nitrogens with zero attached hydrogens (tertiary/aromatic N) is 2. The number of benzene rings is 1. The van der Waals surface area contributed by atoms with Crippen LogP contribution in [-0.2, 0) is 9.59 Å². The third-order valence-electron chi connectivity index (χ3n) is 5.39. The maximum absolute atomic E-state index is 12.2. The van der Waals surface area contributed by atoms with Crippen LogP contribution in [0.1, 0.15) is 5.56 Å². The van der Waals surface area contributed by atoms with E-state index in [1.807, 2.05) is 54.8 Å². The van der Waals surface area contributed by atoms with Crippen LogP contribution in [0, 0.1) is 5.92 Å². The number of aliphatic imine (C=N–C) groups is 1. The highest BCUT2D eigenvalue weighted by Gasteiger charge is 2.27. The van der Waals surface area contributed by atoms with E-state index in [9.17, 15) is 9.59 Å². The highest BCUT2D eigenvalue weighted by Crippen LogP contribution is 2.35. The van der Waals surface area contributed by atoms with Crippen molar-refractivity contribution in [2.75, 3.05) is 5.32 Å². The molecule has 1 unspecified atom stereocenters. The number of aromatic nitrogens is 2. The number of nitrogens with one attached hydrogen (secondary N) is 2. The van der Waals surface area contributed by atoms with E-state index in [4.69, 9.17) is 0 Å². The van der Waals surface area contributed by atoms with Crippen molar-refractivity contribution < 1.29 is 9.59 Å². The summed E-state index contributed by atoms with van der Waals surface area (Å²) >= 11 is 0. The minimum Gasteiger partial charge on any atom is -0.346 e. The van der Waals surface area contributed by atoms with Crippen LogP contribution in [0.25, 0.3) is 27.7 Å². The molecule has 1 aliphatic heterocycles. The van der Waals surface area contributed by atoms with Crippen molar-refractivity contribution in [1.29, 1.82) is 0 Å². The van der Waals surface area contributed by atoms with E-state index in [1.165, 1.54) is 6.08 Å². The number of amides is 2. The summed E-state index contributed by atoms with van der Waals surface area (Å²) in [6.07, 6.45) is 14.2. The van der Waals surface area contributed by atoms with Crippen molar-refractivity contribution in [2.24, 2.45) is 10.9 Å². The van der Waals surface area contributed by atoms with Crippen LogP contribution < -0.4 is 5.32 Å². The van der Waals surface area contributed by atoms with Crippen molar-refractivity contribution in [3.8, 4) is 11.1 Å². The van der Waals surface area contributed by atoms with Crippen LogP contribution in [0.2, 0.25) is 0 Å². The minimum atomic E-state index is -0.351. The Morgan fingerprint density at radius 3 is 2.97 bits per heavy atom. The monoisotopic (exact) mass is 406 g/mol. The van der Waals surface area contributed by atoms with Crippen molar-refractivity contribution in [2.45, 2.75) is 0 Å². The van der Waals surface area contributed by atoms with Crippen LogP contribution in [0.3, 0.4) is 0 Å². The molecule has 0 fully saturated rings. The highest BCUT2D eigenvalue weighted by atomic mass is 16.2. The van der Waals surface area contributed by atoms with Gasteiger partial charge in [-0.2, -0.15) is 0 Å². The van der Waals surface area contributed by atoms with E-state index < -0.39 is 0 Å². The maximum atomic E-state index is 12.2. The molecule has 5 rings (SSSR count). The zero-order chi connectivity index (χ0) is 21.4. The van der Waals surface area contributed by atoms with Gasteiger partial charge in [0, 0.05) is 46.4 Å². The van der Waals surface area contributed by atoms with Crippen LogP contribution in [0.4, 0.5) is 5.69 Å². The van der Waals surface area contributed by atoms with Gasteiger partial charge in [-0.05, 0) is 35.4 Å². The Balaban J connectivity index is 1.60. The summed E-state index contributed by atoms with van der Waals surface area (Å²) in [7, 11) is 0. The third kappa shape index (κ3) is 3.34. The van der Waals surface area contributed by atoms with Crippen molar-refractivity contribution in [1.82, 2.24) is 9.97 Å². The summed E-state index contributed by atoms with van der Waals surface area (Å²) in [4.78, 5) is 35.7. The molecular formula is C25H18N4O2. The molecular weight excluding hydrogens is 388 g/mol. The lowest BCUT2D eigenvalue weighted by molar-refractivity contribution is -0.119. The van der Waals surface area contributed by atoms with Crippen molar-refractivity contribution >= 4 is 40.3 Å². The van der Waals surface area contributed by atoms with Gasteiger partial charge < -0.3 is 10.3 Å². The number of hydrogen-bond acceptors (Lipinski definition) is 3. The summed E-state index contributed by atoms with van der Waals surface area (Å²) < 4.78 is 0. The molecule has 1 aromatic carbocycles. The molecule has 0 saturated carbocycles. The van der Waals surface area contributed by atoms with Crippen molar-refractivity contribution in [3.63, 3.8) is 0 Å². The van der Waals surface area contributed by atoms with Gasteiger partial charge in [0.05, 0.1) is 5.92 Å². The van der Waals surface area contributed by atoms with Crippen LogP contribution in [0.5, 0.6) is 0 Å². The fraction of sp³-hybridized carbons (Fsp3) is 0.0400. The molecule has 3 aromatic rings. The number of hydrogen-bond donors (Lipinski definition) is 2. The van der Waals surface area contributed by atoms with Crippen LogP contribution in [0.15, 0.2) is 90.3 Å². The lowest BCUT2D eigenvalue weighted by Crippen LogP contribution is -2.19. The number of rotatable bonds is 4. The standard InChI is InChI=1S/C25H18N4O2/c1-2-23(30)29-17-7-5-6-15(10-17)16-11-20-22(13-27-24(20)26-12-16)21-14-28-25(31)19-9-4-3-8-18(19)21/h2-14,19H,1H2,(H,26,27)(H,29,30). The average molecular weight is 406 g/mol. The fourth-order valence-corrected chi connectivity index (χ4v) is 3.88. The van der Waals surface area contributed by atoms with E-state index in [-0.39, 0.29) is 17.7 Å². The first-order valence-electron chi connectivity index (χ1n) is 9.82. The summed E-state index contributed by atoms with van der Waals surface area (Å²) in [5.41, 5.74) is 6.05. The molecule has 1 aliphatic carbocycles. The Kier molecular flexibility index (Phi) is 4.52. The predicted octanol–water partition coefficient (Wildman–Crippen LogP) is 4.46.